The molecule has 0 spiro atoms. The maximum absolute atomic E-state index is 12.3. The molecule has 1 atom stereocenters. The van der Waals surface area contributed by atoms with Crippen LogP contribution in [0.1, 0.15) is 29.8 Å². The number of anilines is 1. The monoisotopic (exact) mass is 312 g/mol. The van der Waals surface area contributed by atoms with Crippen molar-refractivity contribution in [2.45, 2.75) is 26.4 Å². The maximum Gasteiger partial charge on any atom is 0.265 e. The fourth-order valence-electron chi connectivity index (χ4n) is 2.20. The number of nitrogens with two attached hydrogens (primary N) is 1. The SMILES string of the molecule is CCc1ccccc1O[C@H](C)C(=O)Nc1ccccc1C(N)=O. The van der Waals surface area contributed by atoms with Crippen molar-refractivity contribution in [3.63, 3.8) is 0 Å². The summed E-state index contributed by atoms with van der Waals surface area (Å²) in [7, 11) is 0. The Morgan fingerprint density at radius 1 is 1.13 bits per heavy atom. The van der Waals surface area contributed by atoms with E-state index >= 15 is 0 Å². The van der Waals surface area contributed by atoms with Crippen molar-refractivity contribution < 1.29 is 14.3 Å². The first-order valence-corrected chi connectivity index (χ1v) is 7.47. The highest BCUT2D eigenvalue weighted by Gasteiger charge is 2.18. The summed E-state index contributed by atoms with van der Waals surface area (Å²) in [6, 6.07) is 14.2. The lowest BCUT2D eigenvalue weighted by molar-refractivity contribution is -0.122. The molecule has 0 saturated heterocycles. The fraction of sp³-hybridized carbons (Fsp3) is 0.222. The Hall–Kier alpha value is -2.82. The number of benzene rings is 2. The Balaban J connectivity index is 2.10. The van der Waals surface area contributed by atoms with E-state index in [1.807, 2.05) is 31.2 Å². The van der Waals surface area contributed by atoms with E-state index in [1.165, 1.54) is 0 Å². The van der Waals surface area contributed by atoms with Crippen molar-refractivity contribution in [2.24, 2.45) is 5.73 Å². The van der Waals surface area contributed by atoms with Crippen molar-refractivity contribution in [1.29, 1.82) is 0 Å². The van der Waals surface area contributed by atoms with Gasteiger partial charge in [0, 0.05) is 0 Å². The number of aryl methyl sites for hydroxylation is 1. The van der Waals surface area contributed by atoms with Crippen molar-refractivity contribution in [1.82, 2.24) is 0 Å². The molecule has 0 aromatic heterocycles. The highest BCUT2D eigenvalue weighted by molar-refractivity contribution is 6.03. The van der Waals surface area contributed by atoms with Crippen LogP contribution in [0.25, 0.3) is 0 Å². The van der Waals surface area contributed by atoms with E-state index in [1.54, 1.807) is 31.2 Å². The van der Waals surface area contributed by atoms with E-state index in [0.717, 1.165) is 12.0 Å². The standard InChI is InChI=1S/C18H20N2O3/c1-3-13-8-4-7-11-16(13)23-12(2)18(22)20-15-10-6-5-9-14(15)17(19)21/h4-12H,3H2,1-2H3,(H2,19,21)(H,20,22)/t12-/m1/s1. The molecule has 5 nitrogen and oxygen atoms in total. The van der Waals surface area contributed by atoms with Crippen LogP contribution in [-0.4, -0.2) is 17.9 Å². The lowest BCUT2D eigenvalue weighted by Crippen LogP contribution is -2.31. The Morgan fingerprint density at radius 3 is 2.48 bits per heavy atom. The van der Waals surface area contributed by atoms with E-state index in [-0.39, 0.29) is 11.5 Å². The zero-order valence-electron chi connectivity index (χ0n) is 13.2. The molecule has 0 fully saturated rings. The summed E-state index contributed by atoms with van der Waals surface area (Å²) in [5.74, 6) is -0.253. The van der Waals surface area contributed by atoms with Gasteiger partial charge >= 0.3 is 0 Å². The molecule has 0 aliphatic carbocycles. The zero-order valence-corrected chi connectivity index (χ0v) is 13.2. The predicted octanol–water partition coefficient (Wildman–Crippen LogP) is 2.75. The number of ether oxygens (including phenoxy) is 1. The second-order valence-electron chi connectivity index (χ2n) is 5.12. The summed E-state index contributed by atoms with van der Waals surface area (Å²) in [4.78, 5) is 23.7. The third-order valence-electron chi connectivity index (χ3n) is 3.48. The Labute approximate surface area is 135 Å². The third-order valence-corrected chi connectivity index (χ3v) is 3.48. The first-order chi connectivity index (χ1) is 11.0. The molecule has 0 unspecified atom stereocenters. The van der Waals surface area contributed by atoms with Crippen LogP contribution in [0.15, 0.2) is 48.5 Å². The lowest BCUT2D eigenvalue weighted by Gasteiger charge is -2.17. The molecular weight excluding hydrogens is 292 g/mol. The average Bonchev–Trinajstić information content (AvgIpc) is 2.55. The molecule has 2 aromatic carbocycles. The maximum atomic E-state index is 12.3. The number of nitrogens with one attached hydrogen (secondary N) is 1. The molecule has 0 aliphatic rings. The molecular formula is C18H20N2O3. The van der Waals surface area contributed by atoms with Crippen molar-refractivity contribution >= 4 is 17.5 Å². The molecule has 3 N–H and O–H groups in total. The molecule has 0 saturated carbocycles. The number of amides is 2. The summed E-state index contributed by atoms with van der Waals surface area (Å²) < 4.78 is 5.74. The van der Waals surface area contributed by atoms with Crippen LogP contribution in [0.3, 0.4) is 0 Å². The molecule has 2 rings (SSSR count). The molecule has 2 aromatic rings. The molecule has 2 amide bonds. The van der Waals surface area contributed by atoms with Gasteiger partial charge < -0.3 is 15.8 Å². The third kappa shape index (κ3) is 4.10. The number of rotatable bonds is 6. The Kier molecular flexibility index (Phi) is 5.36. The van der Waals surface area contributed by atoms with Crippen LogP contribution in [0.5, 0.6) is 5.75 Å². The minimum absolute atomic E-state index is 0.266. The van der Waals surface area contributed by atoms with E-state index in [4.69, 9.17) is 10.5 Å². The average molecular weight is 312 g/mol. The smallest absolute Gasteiger partial charge is 0.265 e. The topological polar surface area (TPSA) is 81.4 Å². The first-order valence-electron chi connectivity index (χ1n) is 7.47. The van der Waals surface area contributed by atoms with Crippen molar-refractivity contribution in [3.8, 4) is 5.75 Å². The number of hydrogen-bond donors (Lipinski definition) is 2. The summed E-state index contributed by atoms with van der Waals surface area (Å²) in [6.45, 7) is 3.69. The molecule has 23 heavy (non-hydrogen) atoms. The fourth-order valence-corrected chi connectivity index (χ4v) is 2.20. The number of para-hydroxylation sites is 2. The van der Waals surface area contributed by atoms with Gasteiger partial charge in [0.2, 0.25) is 0 Å². The van der Waals surface area contributed by atoms with Gasteiger partial charge in [-0.15, -0.1) is 0 Å². The van der Waals surface area contributed by atoms with Gasteiger partial charge in [0.1, 0.15) is 5.75 Å². The van der Waals surface area contributed by atoms with Crippen molar-refractivity contribution in [3.05, 3.63) is 59.7 Å². The number of carbonyl (C=O) groups is 2. The van der Waals surface area contributed by atoms with Crippen LogP contribution < -0.4 is 15.8 Å². The number of primary amides is 1. The van der Waals surface area contributed by atoms with Gasteiger partial charge in [0.25, 0.3) is 11.8 Å². The number of carbonyl (C=O) groups excluding carboxylic acids is 2. The summed E-state index contributed by atoms with van der Waals surface area (Å²) in [5, 5.41) is 2.68. The van der Waals surface area contributed by atoms with Crippen LogP contribution in [-0.2, 0) is 11.2 Å². The Bertz CT molecular complexity index is 713. The predicted molar refractivity (Wildman–Crippen MR) is 89.5 cm³/mol. The lowest BCUT2D eigenvalue weighted by atomic mass is 10.1. The van der Waals surface area contributed by atoms with Gasteiger partial charge in [-0.1, -0.05) is 37.3 Å². The minimum Gasteiger partial charge on any atom is -0.481 e. The van der Waals surface area contributed by atoms with Crippen LogP contribution in [0.2, 0.25) is 0 Å². The van der Waals surface area contributed by atoms with Gasteiger partial charge in [0.05, 0.1) is 11.3 Å². The van der Waals surface area contributed by atoms with Crippen molar-refractivity contribution in [2.75, 3.05) is 5.32 Å². The molecule has 0 aliphatic heterocycles. The van der Waals surface area contributed by atoms with Gasteiger partial charge in [0.15, 0.2) is 6.10 Å². The highest BCUT2D eigenvalue weighted by Crippen LogP contribution is 2.21. The van der Waals surface area contributed by atoms with Crippen LogP contribution >= 0.6 is 0 Å². The largest absolute Gasteiger partial charge is 0.481 e. The van der Waals surface area contributed by atoms with Gasteiger partial charge in [-0.2, -0.15) is 0 Å². The summed E-state index contributed by atoms with van der Waals surface area (Å²) in [6.07, 6.45) is 0.110. The normalized spacial score (nSPS) is 11.6. The molecule has 5 heteroatoms. The summed E-state index contributed by atoms with van der Waals surface area (Å²) in [5.41, 5.74) is 6.98. The van der Waals surface area contributed by atoms with Crippen LogP contribution in [0.4, 0.5) is 5.69 Å². The van der Waals surface area contributed by atoms with E-state index in [9.17, 15) is 9.59 Å². The second kappa shape index (κ2) is 7.45. The van der Waals surface area contributed by atoms with E-state index in [0.29, 0.717) is 11.4 Å². The van der Waals surface area contributed by atoms with Gasteiger partial charge in [-0.3, -0.25) is 9.59 Å². The van der Waals surface area contributed by atoms with E-state index < -0.39 is 12.0 Å². The highest BCUT2D eigenvalue weighted by atomic mass is 16.5. The zero-order chi connectivity index (χ0) is 16.8. The van der Waals surface area contributed by atoms with E-state index in [2.05, 4.69) is 5.32 Å². The molecule has 0 heterocycles. The quantitative estimate of drug-likeness (QED) is 0.860. The molecule has 0 radical (unpaired) electrons. The van der Waals surface area contributed by atoms with Gasteiger partial charge in [-0.05, 0) is 37.1 Å². The molecule has 0 bridgehead atoms. The van der Waals surface area contributed by atoms with Gasteiger partial charge in [-0.25, -0.2) is 0 Å². The Morgan fingerprint density at radius 2 is 1.78 bits per heavy atom. The second-order valence-corrected chi connectivity index (χ2v) is 5.12. The first kappa shape index (κ1) is 16.5. The molecule has 120 valence electrons. The minimum atomic E-state index is -0.705. The van der Waals surface area contributed by atoms with Crippen LogP contribution in [0, 0.1) is 0 Å². The number of hydrogen-bond acceptors (Lipinski definition) is 3. The summed E-state index contributed by atoms with van der Waals surface area (Å²) >= 11 is 0.